The first kappa shape index (κ1) is 13.7. The predicted molar refractivity (Wildman–Crippen MR) is 78.5 cm³/mol. The zero-order chi connectivity index (χ0) is 13.0. The zero-order valence-corrected chi connectivity index (χ0v) is 12.0. The highest BCUT2D eigenvalue weighted by Crippen LogP contribution is 2.13. The minimum absolute atomic E-state index is 0.649. The molecular weight excluding hydrogens is 246 g/mol. The van der Waals surface area contributed by atoms with Gasteiger partial charge in [-0.15, -0.1) is 0 Å². The molecule has 0 spiro atoms. The van der Waals surface area contributed by atoms with Crippen LogP contribution in [-0.4, -0.2) is 55.6 Å². The highest BCUT2D eigenvalue weighted by molar-refractivity contribution is 6.30. The number of nitrogens with zero attached hydrogens (tertiary/aromatic N) is 2. The Kier molecular flexibility index (Phi) is 4.87. The molecule has 1 fully saturated rings. The second kappa shape index (κ2) is 6.41. The standard InChI is InChI=1S/C14H22ClN3/c1-12-11-17(2)9-10-18(12)8-7-16-14-5-3-13(15)4-6-14/h3-6,12,16H,7-11H2,1-2H3. The topological polar surface area (TPSA) is 18.5 Å². The molecule has 0 aliphatic carbocycles. The largest absolute Gasteiger partial charge is 0.384 e. The summed E-state index contributed by atoms with van der Waals surface area (Å²) in [5, 5.41) is 4.22. The quantitative estimate of drug-likeness (QED) is 0.904. The Morgan fingerprint density at radius 3 is 2.67 bits per heavy atom. The van der Waals surface area contributed by atoms with Gasteiger partial charge >= 0.3 is 0 Å². The molecular formula is C14H22ClN3. The first-order valence-electron chi connectivity index (χ1n) is 6.57. The van der Waals surface area contributed by atoms with Crippen molar-refractivity contribution in [2.75, 3.05) is 45.1 Å². The van der Waals surface area contributed by atoms with Crippen molar-refractivity contribution in [2.24, 2.45) is 0 Å². The van der Waals surface area contributed by atoms with E-state index in [1.807, 2.05) is 24.3 Å². The smallest absolute Gasteiger partial charge is 0.0407 e. The first-order valence-corrected chi connectivity index (χ1v) is 6.95. The van der Waals surface area contributed by atoms with Gasteiger partial charge in [0.25, 0.3) is 0 Å². The molecule has 2 rings (SSSR count). The van der Waals surface area contributed by atoms with Crippen LogP contribution in [0.4, 0.5) is 5.69 Å². The Labute approximate surface area is 115 Å². The number of rotatable bonds is 4. The summed E-state index contributed by atoms with van der Waals surface area (Å²) in [7, 11) is 2.19. The molecule has 0 saturated carbocycles. The van der Waals surface area contributed by atoms with Gasteiger partial charge in [0, 0.05) is 49.5 Å². The number of nitrogens with one attached hydrogen (secondary N) is 1. The number of halogens is 1. The van der Waals surface area contributed by atoms with Gasteiger partial charge in [-0.3, -0.25) is 4.90 Å². The molecule has 1 aliphatic rings. The molecule has 1 aromatic carbocycles. The third-order valence-corrected chi connectivity index (χ3v) is 3.79. The highest BCUT2D eigenvalue weighted by Gasteiger charge is 2.20. The third kappa shape index (κ3) is 3.87. The molecule has 1 heterocycles. The molecule has 0 aromatic heterocycles. The van der Waals surface area contributed by atoms with E-state index in [-0.39, 0.29) is 0 Å². The lowest BCUT2D eigenvalue weighted by atomic mass is 10.2. The van der Waals surface area contributed by atoms with Gasteiger partial charge in [0.2, 0.25) is 0 Å². The molecule has 0 radical (unpaired) electrons. The Bertz CT molecular complexity index is 366. The minimum atomic E-state index is 0.649. The summed E-state index contributed by atoms with van der Waals surface area (Å²) in [6.07, 6.45) is 0. The first-order chi connectivity index (χ1) is 8.65. The van der Waals surface area contributed by atoms with E-state index in [4.69, 9.17) is 11.6 Å². The maximum absolute atomic E-state index is 5.86. The Morgan fingerprint density at radius 1 is 1.28 bits per heavy atom. The van der Waals surface area contributed by atoms with E-state index in [0.29, 0.717) is 6.04 Å². The fraction of sp³-hybridized carbons (Fsp3) is 0.571. The number of hydrogen-bond acceptors (Lipinski definition) is 3. The predicted octanol–water partition coefficient (Wildman–Crippen LogP) is 2.39. The number of benzene rings is 1. The second-order valence-corrected chi connectivity index (χ2v) is 5.52. The zero-order valence-electron chi connectivity index (χ0n) is 11.2. The highest BCUT2D eigenvalue weighted by atomic mass is 35.5. The lowest BCUT2D eigenvalue weighted by Gasteiger charge is -2.38. The van der Waals surface area contributed by atoms with Crippen LogP contribution in [-0.2, 0) is 0 Å². The number of piperazine rings is 1. The third-order valence-electron chi connectivity index (χ3n) is 3.54. The van der Waals surface area contributed by atoms with E-state index in [1.54, 1.807) is 0 Å². The summed E-state index contributed by atoms with van der Waals surface area (Å²) in [6.45, 7) is 7.89. The average molecular weight is 268 g/mol. The molecule has 1 N–H and O–H groups in total. The molecule has 100 valence electrons. The lowest BCUT2D eigenvalue weighted by Crippen LogP contribution is -2.51. The summed E-state index contributed by atoms with van der Waals surface area (Å²) < 4.78 is 0. The van der Waals surface area contributed by atoms with E-state index in [2.05, 4.69) is 29.1 Å². The van der Waals surface area contributed by atoms with Crippen molar-refractivity contribution in [2.45, 2.75) is 13.0 Å². The van der Waals surface area contributed by atoms with E-state index in [1.165, 1.54) is 19.6 Å². The van der Waals surface area contributed by atoms with Gasteiger partial charge in [-0.2, -0.15) is 0 Å². The van der Waals surface area contributed by atoms with Crippen LogP contribution in [0.1, 0.15) is 6.92 Å². The van der Waals surface area contributed by atoms with Crippen LogP contribution in [0, 0.1) is 0 Å². The minimum Gasteiger partial charge on any atom is -0.384 e. The van der Waals surface area contributed by atoms with Gasteiger partial charge in [-0.25, -0.2) is 0 Å². The van der Waals surface area contributed by atoms with Crippen LogP contribution in [0.25, 0.3) is 0 Å². The Morgan fingerprint density at radius 2 is 2.00 bits per heavy atom. The van der Waals surface area contributed by atoms with Crippen molar-refractivity contribution >= 4 is 17.3 Å². The monoisotopic (exact) mass is 267 g/mol. The van der Waals surface area contributed by atoms with Gasteiger partial charge in [0.05, 0.1) is 0 Å². The van der Waals surface area contributed by atoms with Crippen LogP contribution >= 0.6 is 11.6 Å². The molecule has 18 heavy (non-hydrogen) atoms. The number of hydrogen-bond donors (Lipinski definition) is 1. The maximum Gasteiger partial charge on any atom is 0.0407 e. The lowest BCUT2D eigenvalue weighted by molar-refractivity contribution is 0.104. The van der Waals surface area contributed by atoms with Crippen molar-refractivity contribution in [1.29, 1.82) is 0 Å². The van der Waals surface area contributed by atoms with Crippen molar-refractivity contribution in [3.05, 3.63) is 29.3 Å². The van der Waals surface area contributed by atoms with E-state index in [0.717, 1.165) is 23.8 Å². The van der Waals surface area contributed by atoms with E-state index >= 15 is 0 Å². The van der Waals surface area contributed by atoms with Crippen molar-refractivity contribution < 1.29 is 0 Å². The van der Waals surface area contributed by atoms with Crippen LogP contribution in [0.3, 0.4) is 0 Å². The molecule has 1 aromatic rings. The average Bonchev–Trinajstić information content (AvgIpc) is 2.34. The molecule has 4 heteroatoms. The summed E-state index contributed by atoms with van der Waals surface area (Å²) in [6, 6.07) is 8.53. The number of likely N-dealkylation sites (N-methyl/N-ethyl adjacent to an activating group) is 1. The van der Waals surface area contributed by atoms with Gasteiger partial charge in [0.15, 0.2) is 0 Å². The van der Waals surface area contributed by atoms with Gasteiger partial charge < -0.3 is 10.2 Å². The summed E-state index contributed by atoms with van der Waals surface area (Å²) in [5.41, 5.74) is 1.14. The normalized spacial score (nSPS) is 22.1. The Balaban J connectivity index is 1.73. The summed E-state index contributed by atoms with van der Waals surface area (Å²) in [4.78, 5) is 4.94. The maximum atomic E-state index is 5.86. The van der Waals surface area contributed by atoms with Crippen LogP contribution in [0.2, 0.25) is 5.02 Å². The molecule has 1 aliphatic heterocycles. The van der Waals surface area contributed by atoms with Crippen LogP contribution in [0.15, 0.2) is 24.3 Å². The second-order valence-electron chi connectivity index (χ2n) is 5.08. The SMILES string of the molecule is CC1CN(C)CCN1CCNc1ccc(Cl)cc1. The number of anilines is 1. The fourth-order valence-electron chi connectivity index (χ4n) is 2.42. The molecule has 1 atom stereocenters. The van der Waals surface area contributed by atoms with Gasteiger partial charge in [-0.1, -0.05) is 11.6 Å². The van der Waals surface area contributed by atoms with Crippen LogP contribution < -0.4 is 5.32 Å². The summed E-state index contributed by atoms with van der Waals surface area (Å²) in [5.74, 6) is 0. The van der Waals surface area contributed by atoms with Crippen LogP contribution in [0.5, 0.6) is 0 Å². The van der Waals surface area contributed by atoms with Gasteiger partial charge in [-0.05, 0) is 38.2 Å². The van der Waals surface area contributed by atoms with E-state index < -0.39 is 0 Å². The molecule has 1 unspecified atom stereocenters. The Hall–Kier alpha value is -0.770. The fourth-order valence-corrected chi connectivity index (χ4v) is 2.55. The van der Waals surface area contributed by atoms with Gasteiger partial charge in [0.1, 0.15) is 0 Å². The summed E-state index contributed by atoms with van der Waals surface area (Å²) >= 11 is 5.86. The molecule has 1 saturated heterocycles. The van der Waals surface area contributed by atoms with Crippen molar-refractivity contribution in [3.63, 3.8) is 0 Å². The van der Waals surface area contributed by atoms with Crippen molar-refractivity contribution in [3.8, 4) is 0 Å². The van der Waals surface area contributed by atoms with E-state index in [9.17, 15) is 0 Å². The van der Waals surface area contributed by atoms with Crippen molar-refractivity contribution in [1.82, 2.24) is 9.80 Å². The molecule has 0 amide bonds. The molecule has 0 bridgehead atoms. The molecule has 3 nitrogen and oxygen atoms in total.